The fourth-order valence-corrected chi connectivity index (χ4v) is 1.44. The van der Waals surface area contributed by atoms with Crippen molar-refractivity contribution in [1.82, 2.24) is 0 Å². The Labute approximate surface area is 84.8 Å². The molecule has 64 valence electrons. The summed E-state index contributed by atoms with van der Waals surface area (Å²) in [5.41, 5.74) is 0. The molecule has 0 aromatic heterocycles. The van der Waals surface area contributed by atoms with Gasteiger partial charge in [0.2, 0.25) is 0 Å². The molecular formula is C9H8BrClO. The van der Waals surface area contributed by atoms with Gasteiger partial charge in [-0.3, -0.25) is 0 Å². The number of hydrogen-bond donors (Lipinski definition) is 0. The van der Waals surface area contributed by atoms with Crippen LogP contribution < -0.4 is 4.74 Å². The van der Waals surface area contributed by atoms with Crippen LogP contribution in [0.4, 0.5) is 0 Å². The second kappa shape index (κ2) is 3.27. The molecule has 1 aliphatic carbocycles. The molecule has 0 saturated heterocycles. The second-order valence-corrected chi connectivity index (χ2v) is 4.21. The minimum Gasteiger partial charge on any atom is -0.489 e. The highest BCUT2D eigenvalue weighted by Gasteiger charge is 2.24. The zero-order chi connectivity index (χ0) is 8.55. The van der Waals surface area contributed by atoms with Gasteiger partial charge in [-0.1, -0.05) is 27.5 Å². The van der Waals surface area contributed by atoms with Gasteiger partial charge in [-0.05, 0) is 31.0 Å². The fraction of sp³-hybridized carbons (Fsp3) is 0.333. The van der Waals surface area contributed by atoms with Crippen molar-refractivity contribution in [3.05, 3.63) is 27.7 Å². The number of hydrogen-bond acceptors (Lipinski definition) is 1. The van der Waals surface area contributed by atoms with E-state index in [9.17, 15) is 0 Å². The van der Waals surface area contributed by atoms with Gasteiger partial charge in [0.25, 0.3) is 0 Å². The van der Waals surface area contributed by atoms with Crippen LogP contribution >= 0.6 is 27.5 Å². The summed E-state index contributed by atoms with van der Waals surface area (Å²) in [6.07, 6.45) is 2.71. The van der Waals surface area contributed by atoms with Crippen molar-refractivity contribution in [2.45, 2.75) is 18.9 Å². The van der Waals surface area contributed by atoms with Crippen LogP contribution in [0.5, 0.6) is 5.75 Å². The molecule has 1 aliphatic rings. The maximum absolute atomic E-state index is 5.92. The lowest BCUT2D eigenvalue weighted by molar-refractivity contribution is 0.303. The summed E-state index contributed by atoms with van der Waals surface area (Å²) < 4.78 is 6.58. The second-order valence-electron chi connectivity index (χ2n) is 2.89. The van der Waals surface area contributed by atoms with E-state index in [0.717, 1.165) is 23.1 Å². The molecule has 3 heteroatoms. The van der Waals surface area contributed by atoms with Gasteiger partial charge in [0.1, 0.15) is 5.75 Å². The fourth-order valence-electron chi connectivity index (χ4n) is 0.933. The molecule has 0 spiro atoms. The van der Waals surface area contributed by atoms with Crippen LogP contribution in [-0.4, -0.2) is 6.10 Å². The lowest BCUT2D eigenvalue weighted by atomic mass is 10.3. The van der Waals surface area contributed by atoms with Gasteiger partial charge >= 0.3 is 0 Å². The predicted molar refractivity (Wildman–Crippen MR) is 52.8 cm³/mol. The Balaban J connectivity index is 2.21. The number of benzene rings is 1. The molecule has 0 amide bonds. The number of halogens is 2. The first-order valence-electron chi connectivity index (χ1n) is 3.87. The van der Waals surface area contributed by atoms with Crippen LogP contribution in [0.1, 0.15) is 12.8 Å². The third kappa shape index (κ3) is 1.93. The zero-order valence-electron chi connectivity index (χ0n) is 6.39. The molecule has 12 heavy (non-hydrogen) atoms. The Kier molecular flexibility index (Phi) is 2.28. The first-order chi connectivity index (χ1) is 5.75. The third-order valence-electron chi connectivity index (χ3n) is 1.71. The zero-order valence-corrected chi connectivity index (χ0v) is 8.73. The largest absolute Gasteiger partial charge is 0.489 e. The molecule has 0 aliphatic heterocycles. The van der Waals surface area contributed by atoms with Gasteiger partial charge in [-0.2, -0.15) is 0 Å². The van der Waals surface area contributed by atoms with Crippen LogP contribution in [0.15, 0.2) is 22.7 Å². The minimum atomic E-state index is 0.400. The van der Waals surface area contributed by atoms with E-state index in [2.05, 4.69) is 15.9 Å². The molecule has 2 rings (SSSR count). The smallest absolute Gasteiger partial charge is 0.139 e. The molecule has 1 fully saturated rings. The van der Waals surface area contributed by atoms with Gasteiger partial charge in [-0.15, -0.1) is 0 Å². The number of rotatable bonds is 2. The van der Waals surface area contributed by atoms with Crippen molar-refractivity contribution in [2.24, 2.45) is 0 Å². The molecule has 1 nitrogen and oxygen atoms in total. The van der Waals surface area contributed by atoms with E-state index in [1.807, 2.05) is 18.2 Å². The van der Waals surface area contributed by atoms with Crippen molar-refractivity contribution in [1.29, 1.82) is 0 Å². The Morgan fingerprint density at radius 2 is 2.17 bits per heavy atom. The Morgan fingerprint density at radius 3 is 2.83 bits per heavy atom. The van der Waals surface area contributed by atoms with Gasteiger partial charge in [0.05, 0.1) is 11.1 Å². The lowest BCUT2D eigenvalue weighted by Gasteiger charge is -2.06. The summed E-state index contributed by atoms with van der Waals surface area (Å²) >= 11 is 9.29. The molecule has 0 bridgehead atoms. The summed E-state index contributed by atoms with van der Waals surface area (Å²) in [6.45, 7) is 0. The van der Waals surface area contributed by atoms with E-state index < -0.39 is 0 Å². The van der Waals surface area contributed by atoms with Crippen molar-refractivity contribution >= 4 is 27.5 Å². The first kappa shape index (κ1) is 8.39. The third-order valence-corrected chi connectivity index (χ3v) is 2.52. The van der Waals surface area contributed by atoms with E-state index in [1.54, 1.807) is 0 Å². The molecule has 0 unspecified atom stereocenters. The monoisotopic (exact) mass is 246 g/mol. The van der Waals surface area contributed by atoms with E-state index >= 15 is 0 Å². The quantitative estimate of drug-likeness (QED) is 0.775. The number of ether oxygens (including phenoxy) is 1. The van der Waals surface area contributed by atoms with E-state index in [0.29, 0.717) is 11.1 Å². The van der Waals surface area contributed by atoms with Gasteiger partial charge in [-0.25, -0.2) is 0 Å². The molecule has 1 aromatic carbocycles. The van der Waals surface area contributed by atoms with Crippen molar-refractivity contribution < 1.29 is 4.74 Å². The van der Waals surface area contributed by atoms with E-state index in [4.69, 9.17) is 16.3 Å². The SMILES string of the molecule is Clc1ccc(Br)cc1OC1CC1. The van der Waals surface area contributed by atoms with Crippen LogP contribution in [0.3, 0.4) is 0 Å². The normalized spacial score (nSPS) is 16.2. The van der Waals surface area contributed by atoms with E-state index in [-0.39, 0.29) is 0 Å². The summed E-state index contributed by atoms with van der Waals surface area (Å²) in [7, 11) is 0. The summed E-state index contributed by atoms with van der Waals surface area (Å²) in [5, 5.41) is 0.685. The van der Waals surface area contributed by atoms with Gasteiger partial charge in [0, 0.05) is 4.47 Å². The highest BCUT2D eigenvalue weighted by molar-refractivity contribution is 9.10. The highest BCUT2D eigenvalue weighted by Crippen LogP contribution is 2.33. The molecule has 0 radical (unpaired) electrons. The summed E-state index contributed by atoms with van der Waals surface area (Å²) in [4.78, 5) is 0. The average molecular weight is 248 g/mol. The topological polar surface area (TPSA) is 9.23 Å². The molecule has 1 saturated carbocycles. The van der Waals surface area contributed by atoms with Crippen molar-refractivity contribution in [3.8, 4) is 5.75 Å². The van der Waals surface area contributed by atoms with Gasteiger partial charge in [0.15, 0.2) is 0 Å². The lowest BCUT2D eigenvalue weighted by Crippen LogP contribution is -1.95. The minimum absolute atomic E-state index is 0.400. The average Bonchev–Trinajstić information content (AvgIpc) is 2.81. The van der Waals surface area contributed by atoms with Crippen LogP contribution in [0, 0.1) is 0 Å². The molecule has 0 heterocycles. The maximum atomic E-state index is 5.92. The highest BCUT2D eigenvalue weighted by atomic mass is 79.9. The van der Waals surface area contributed by atoms with Crippen LogP contribution in [0.2, 0.25) is 5.02 Å². The van der Waals surface area contributed by atoms with Crippen molar-refractivity contribution in [3.63, 3.8) is 0 Å². The Bertz CT molecular complexity index is 297. The molecule has 1 aromatic rings. The summed E-state index contributed by atoms with van der Waals surface area (Å²) in [5.74, 6) is 0.786. The first-order valence-corrected chi connectivity index (χ1v) is 5.04. The predicted octanol–water partition coefficient (Wildman–Crippen LogP) is 3.64. The standard InChI is InChI=1S/C9H8BrClO/c10-6-1-4-8(11)9(5-6)12-7-2-3-7/h1,4-5,7H,2-3H2. The van der Waals surface area contributed by atoms with E-state index in [1.165, 1.54) is 0 Å². The Morgan fingerprint density at radius 1 is 1.42 bits per heavy atom. The molecular weight excluding hydrogens is 239 g/mol. The van der Waals surface area contributed by atoms with Crippen LogP contribution in [-0.2, 0) is 0 Å². The van der Waals surface area contributed by atoms with Gasteiger partial charge < -0.3 is 4.74 Å². The summed E-state index contributed by atoms with van der Waals surface area (Å²) in [6, 6.07) is 5.64. The Hall–Kier alpha value is -0.210. The maximum Gasteiger partial charge on any atom is 0.139 e. The molecule has 0 N–H and O–H groups in total. The molecule has 0 atom stereocenters. The van der Waals surface area contributed by atoms with Crippen LogP contribution in [0.25, 0.3) is 0 Å². The van der Waals surface area contributed by atoms with Crippen molar-refractivity contribution in [2.75, 3.05) is 0 Å².